The molecule has 0 amide bonds. The molecule has 2 aliphatic rings. The van der Waals surface area contributed by atoms with Gasteiger partial charge < -0.3 is 29.7 Å². The number of aromatic nitrogens is 1. The molecule has 0 radical (unpaired) electrons. The molecule has 5 N–H and O–H groups in total. The van der Waals surface area contributed by atoms with E-state index in [1.807, 2.05) is 0 Å². The van der Waals surface area contributed by atoms with E-state index in [0.717, 1.165) is 0 Å². The first-order valence-electron chi connectivity index (χ1n) is 7.56. The lowest BCUT2D eigenvalue weighted by molar-refractivity contribution is -0.0233. The van der Waals surface area contributed by atoms with Gasteiger partial charge in [-0.15, -0.1) is 0 Å². The Morgan fingerprint density at radius 2 is 1.68 bits per heavy atom. The second kappa shape index (κ2) is 7.51. The van der Waals surface area contributed by atoms with Crippen LogP contribution in [0.25, 0.3) is 0 Å². The SMILES string of the molecule is Cc1[nH]c(=O)ccc1[C@@H]1O[C@H](COP2(=O)OP(=O)(O)OP(=O)(O)O2)C(O)C1O. The van der Waals surface area contributed by atoms with Gasteiger partial charge in [0.1, 0.15) is 24.4 Å². The number of hydrogen-bond acceptors (Lipinski definition) is 11. The first kappa shape index (κ1) is 22.0. The summed E-state index contributed by atoms with van der Waals surface area (Å²) in [5.41, 5.74) is 0.346. The number of nitrogens with one attached hydrogen (secondary N) is 1. The summed E-state index contributed by atoms with van der Waals surface area (Å²) in [6.45, 7) is 0.733. The minimum absolute atomic E-state index is 0.360. The largest absolute Gasteiger partial charge is 0.492 e. The van der Waals surface area contributed by atoms with Crippen molar-refractivity contribution >= 4 is 23.5 Å². The number of aryl methyl sites for hydroxylation is 1. The Bertz CT molecular complexity index is 933. The molecule has 3 rings (SSSR count). The highest BCUT2D eigenvalue weighted by molar-refractivity contribution is 7.74. The zero-order chi connectivity index (χ0) is 20.9. The summed E-state index contributed by atoms with van der Waals surface area (Å²) in [6, 6.07) is 2.57. The van der Waals surface area contributed by atoms with Crippen molar-refractivity contribution in [3.8, 4) is 0 Å². The summed E-state index contributed by atoms with van der Waals surface area (Å²) in [5.74, 6) is 0. The summed E-state index contributed by atoms with van der Waals surface area (Å²) in [4.78, 5) is 32.1. The maximum atomic E-state index is 12.2. The number of ether oxygens (including phenoxy) is 1. The quantitative estimate of drug-likeness (QED) is 0.379. The van der Waals surface area contributed by atoms with Crippen molar-refractivity contribution in [1.29, 1.82) is 0 Å². The van der Waals surface area contributed by atoms with Crippen LogP contribution in [0.4, 0.5) is 0 Å². The maximum Gasteiger partial charge on any atom is 0.492 e. The van der Waals surface area contributed by atoms with Crippen molar-refractivity contribution in [2.24, 2.45) is 0 Å². The van der Waals surface area contributed by atoms with E-state index in [1.165, 1.54) is 12.1 Å². The van der Waals surface area contributed by atoms with Crippen LogP contribution in [0.15, 0.2) is 16.9 Å². The Balaban J connectivity index is 1.73. The summed E-state index contributed by atoms with van der Waals surface area (Å²) >= 11 is 0. The van der Waals surface area contributed by atoms with Gasteiger partial charge in [0.05, 0.1) is 6.61 Å². The second-order valence-electron chi connectivity index (χ2n) is 5.90. The summed E-state index contributed by atoms with van der Waals surface area (Å²) in [7, 11) is -15.4. The zero-order valence-electron chi connectivity index (χ0n) is 14.0. The van der Waals surface area contributed by atoms with E-state index in [4.69, 9.17) is 9.26 Å². The van der Waals surface area contributed by atoms with Crippen molar-refractivity contribution in [2.45, 2.75) is 31.3 Å². The predicted octanol–water partition coefficient (Wildman–Crippen LogP) is 0.234. The highest BCUT2D eigenvalue weighted by Crippen LogP contribution is 2.80. The fourth-order valence-electron chi connectivity index (χ4n) is 2.68. The van der Waals surface area contributed by atoms with Crippen molar-refractivity contribution in [1.82, 2.24) is 4.98 Å². The van der Waals surface area contributed by atoms with Gasteiger partial charge in [0.25, 0.3) is 0 Å². The molecule has 0 saturated carbocycles. The molecule has 0 spiro atoms. The normalized spacial score (nSPS) is 43.9. The Kier molecular flexibility index (Phi) is 5.90. The highest BCUT2D eigenvalue weighted by atomic mass is 31.3. The molecular weight excluding hydrogens is 447 g/mol. The summed E-state index contributed by atoms with van der Waals surface area (Å²) in [6.07, 6.45) is -5.46. The Labute approximate surface area is 156 Å². The third kappa shape index (κ3) is 4.71. The molecule has 14 nitrogen and oxygen atoms in total. The monoisotopic (exact) mass is 463 g/mol. The molecule has 2 aliphatic heterocycles. The van der Waals surface area contributed by atoms with Gasteiger partial charge in [-0.2, -0.15) is 12.9 Å². The van der Waals surface area contributed by atoms with Crippen molar-refractivity contribution < 1.29 is 55.9 Å². The van der Waals surface area contributed by atoms with Gasteiger partial charge in [-0.3, -0.25) is 9.32 Å². The lowest BCUT2D eigenvalue weighted by Gasteiger charge is -2.27. The number of rotatable bonds is 4. The molecule has 4 unspecified atom stereocenters. The molecule has 2 saturated heterocycles. The van der Waals surface area contributed by atoms with E-state index in [2.05, 4.69) is 17.9 Å². The number of hydrogen-bond donors (Lipinski definition) is 5. The molecule has 6 atom stereocenters. The molecular formula is C11H16NO13P3. The maximum absolute atomic E-state index is 12.2. The number of phosphoric acid groups is 3. The van der Waals surface area contributed by atoms with Crippen LogP contribution in [0, 0.1) is 6.92 Å². The zero-order valence-corrected chi connectivity index (χ0v) is 16.7. The molecule has 1 aromatic rings. The average molecular weight is 463 g/mol. The molecule has 158 valence electrons. The van der Waals surface area contributed by atoms with E-state index in [1.54, 1.807) is 6.92 Å². The minimum atomic E-state index is -5.20. The second-order valence-corrected chi connectivity index (χ2v) is 10.9. The lowest BCUT2D eigenvalue weighted by Crippen LogP contribution is -2.33. The predicted molar refractivity (Wildman–Crippen MR) is 87.9 cm³/mol. The third-order valence-corrected chi connectivity index (χ3v) is 9.20. The van der Waals surface area contributed by atoms with Crippen LogP contribution in [0.2, 0.25) is 0 Å². The standard InChI is InChI=1S/C11H16NO13P3/c1-5-6(2-3-8(13)12-5)11-10(15)9(14)7(22-11)4-21-28(20)24-26(16,17)23-27(18,19)25-28/h2-3,7,9-11,14-15H,4H2,1H3,(H,12,13)(H,16,17)(H,18,19)/t7-,9?,10?,11+/m1/s1. The fourth-order valence-corrected chi connectivity index (χ4v) is 7.61. The van der Waals surface area contributed by atoms with Gasteiger partial charge in [0.15, 0.2) is 0 Å². The first-order valence-corrected chi connectivity index (χ1v) is 12.0. The molecule has 0 bridgehead atoms. The van der Waals surface area contributed by atoms with Crippen molar-refractivity contribution in [3.05, 3.63) is 33.7 Å². The number of H-pyrrole nitrogens is 1. The van der Waals surface area contributed by atoms with Gasteiger partial charge in [-0.1, -0.05) is 0 Å². The van der Waals surface area contributed by atoms with E-state index >= 15 is 0 Å². The van der Waals surface area contributed by atoms with Gasteiger partial charge in [-0.25, -0.2) is 13.7 Å². The lowest BCUT2D eigenvalue weighted by atomic mass is 10.0. The fraction of sp³-hybridized carbons (Fsp3) is 0.545. The van der Waals surface area contributed by atoms with Crippen LogP contribution in [-0.2, 0) is 35.9 Å². The van der Waals surface area contributed by atoms with Gasteiger partial charge >= 0.3 is 23.5 Å². The number of aliphatic hydroxyl groups excluding tert-OH is 2. The van der Waals surface area contributed by atoms with Crippen LogP contribution >= 0.6 is 23.5 Å². The number of aromatic amines is 1. The highest BCUT2D eigenvalue weighted by Gasteiger charge is 2.55. The van der Waals surface area contributed by atoms with E-state index in [-0.39, 0.29) is 5.56 Å². The van der Waals surface area contributed by atoms with E-state index in [0.29, 0.717) is 11.3 Å². The van der Waals surface area contributed by atoms with Gasteiger partial charge in [-0.05, 0) is 13.0 Å². The Hall–Kier alpha value is -0.720. The van der Waals surface area contributed by atoms with Crippen molar-refractivity contribution in [2.75, 3.05) is 6.61 Å². The molecule has 2 fully saturated rings. The number of aliphatic hydroxyl groups is 2. The van der Waals surface area contributed by atoms with Gasteiger partial charge in [0.2, 0.25) is 5.56 Å². The molecule has 0 aliphatic carbocycles. The van der Waals surface area contributed by atoms with Crippen LogP contribution < -0.4 is 5.56 Å². The Morgan fingerprint density at radius 1 is 1.07 bits per heavy atom. The molecule has 3 heterocycles. The topological polar surface area (TPSA) is 211 Å². The van der Waals surface area contributed by atoms with Crippen LogP contribution in [-0.4, -0.2) is 49.9 Å². The minimum Gasteiger partial charge on any atom is -0.387 e. The molecule has 17 heteroatoms. The van der Waals surface area contributed by atoms with Crippen LogP contribution in [0.5, 0.6) is 0 Å². The van der Waals surface area contributed by atoms with E-state index in [9.17, 15) is 38.5 Å². The average Bonchev–Trinajstić information content (AvgIpc) is 2.78. The van der Waals surface area contributed by atoms with Crippen LogP contribution in [0.1, 0.15) is 17.4 Å². The number of pyridine rings is 1. The molecule has 1 aromatic heterocycles. The van der Waals surface area contributed by atoms with Gasteiger partial charge in [0, 0.05) is 17.3 Å². The molecule has 28 heavy (non-hydrogen) atoms. The smallest absolute Gasteiger partial charge is 0.387 e. The summed E-state index contributed by atoms with van der Waals surface area (Å²) < 4.78 is 57.0. The summed E-state index contributed by atoms with van der Waals surface area (Å²) in [5, 5.41) is 20.3. The third-order valence-electron chi connectivity index (χ3n) is 3.84. The van der Waals surface area contributed by atoms with Crippen molar-refractivity contribution in [3.63, 3.8) is 0 Å². The molecule has 0 aromatic carbocycles. The Morgan fingerprint density at radius 3 is 2.25 bits per heavy atom. The first-order chi connectivity index (χ1) is 12.8. The van der Waals surface area contributed by atoms with Crippen LogP contribution in [0.3, 0.4) is 0 Å². The van der Waals surface area contributed by atoms with E-state index < -0.39 is 54.5 Å².